The molecule has 1 aromatic heterocycles. The zero-order valence-electron chi connectivity index (χ0n) is 12.5. The Morgan fingerprint density at radius 1 is 1.21 bits per heavy atom. The maximum absolute atomic E-state index is 5.66. The summed E-state index contributed by atoms with van der Waals surface area (Å²) in [5.74, 6) is 1.82. The molecular formula is C16H25N3. The van der Waals surface area contributed by atoms with Crippen molar-refractivity contribution in [1.82, 2.24) is 9.55 Å². The summed E-state index contributed by atoms with van der Waals surface area (Å²) in [5.41, 5.74) is 10.7. The first kappa shape index (κ1) is 14.1. The van der Waals surface area contributed by atoms with Gasteiger partial charge in [0.25, 0.3) is 0 Å². The molecule has 2 aromatic rings. The van der Waals surface area contributed by atoms with Gasteiger partial charge in [-0.05, 0) is 56.0 Å². The molecule has 1 heterocycles. The molecular weight excluding hydrogens is 234 g/mol. The van der Waals surface area contributed by atoms with E-state index in [2.05, 4.69) is 44.4 Å². The van der Waals surface area contributed by atoms with Gasteiger partial charge in [0.1, 0.15) is 5.82 Å². The number of nitrogens with two attached hydrogens (primary N) is 1. The topological polar surface area (TPSA) is 43.8 Å². The normalized spacial score (nSPS) is 11.7. The quantitative estimate of drug-likeness (QED) is 0.896. The van der Waals surface area contributed by atoms with Gasteiger partial charge in [0.05, 0.1) is 11.0 Å². The number of imidazole rings is 1. The standard InChI is InChI=1S/C16H25N3/c1-11(2)8-16-18-14-9-12(3)13(4)10-15(14)19(16)7-5-6-17/h9-11H,5-8,17H2,1-4H3. The summed E-state index contributed by atoms with van der Waals surface area (Å²) < 4.78 is 2.36. The van der Waals surface area contributed by atoms with Crippen molar-refractivity contribution >= 4 is 11.0 Å². The number of hydrogen-bond acceptors (Lipinski definition) is 2. The van der Waals surface area contributed by atoms with E-state index in [1.807, 2.05) is 0 Å². The second kappa shape index (κ2) is 5.74. The Bertz CT molecular complexity index is 567. The number of benzene rings is 1. The SMILES string of the molecule is Cc1cc2nc(CC(C)C)n(CCCN)c2cc1C. The van der Waals surface area contributed by atoms with Crippen molar-refractivity contribution in [3.05, 3.63) is 29.1 Å². The lowest BCUT2D eigenvalue weighted by molar-refractivity contribution is 0.568. The van der Waals surface area contributed by atoms with Crippen molar-refractivity contribution in [2.75, 3.05) is 6.54 Å². The minimum Gasteiger partial charge on any atom is -0.330 e. The minimum absolute atomic E-state index is 0.621. The van der Waals surface area contributed by atoms with Crippen LogP contribution in [0.3, 0.4) is 0 Å². The third kappa shape index (κ3) is 2.98. The van der Waals surface area contributed by atoms with Gasteiger partial charge in [0.2, 0.25) is 0 Å². The van der Waals surface area contributed by atoms with E-state index in [0.717, 1.165) is 31.4 Å². The van der Waals surface area contributed by atoms with Crippen LogP contribution in [0.15, 0.2) is 12.1 Å². The van der Waals surface area contributed by atoms with Crippen molar-refractivity contribution < 1.29 is 0 Å². The molecule has 1 aromatic carbocycles. The molecule has 0 amide bonds. The fourth-order valence-corrected chi connectivity index (χ4v) is 2.45. The molecule has 19 heavy (non-hydrogen) atoms. The van der Waals surface area contributed by atoms with Crippen molar-refractivity contribution in [3.63, 3.8) is 0 Å². The highest BCUT2D eigenvalue weighted by Crippen LogP contribution is 2.22. The van der Waals surface area contributed by atoms with Crippen LogP contribution in [0.4, 0.5) is 0 Å². The smallest absolute Gasteiger partial charge is 0.110 e. The van der Waals surface area contributed by atoms with E-state index in [0.29, 0.717) is 5.92 Å². The highest BCUT2D eigenvalue weighted by molar-refractivity contribution is 5.78. The molecule has 0 unspecified atom stereocenters. The molecule has 0 saturated carbocycles. The van der Waals surface area contributed by atoms with Gasteiger partial charge in [-0.15, -0.1) is 0 Å². The highest BCUT2D eigenvalue weighted by Gasteiger charge is 2.12. The number of rotatable bonds is 5. The lowest BCUT2D eigenvalue weighted by Gasteiger charge is -2.10. The Morgan fingerprint density at radius 3 is 2.53 bits per heavy atom. The summed E-state index contributed by atoms with van der Waals surface area (Å²) >= 11 is 0. The number of nitrogens with zero attached hydrogens (tertiary/aromatic N) is 2. The second-order valence-electron chi connectivity index (χ2n) is 5.85. The lowest BCUT2D eigenvalue weighted by Crippen LogP contribution is -2.10. The van der Waals surface area contributed by atoms with E-state index >= 15 is 0 Å². The zero-order chi connectivity index (χ0) is 14.0. The van der Waals surface area contributed by atoms with Crippen LogP contribution in [0.25, 0.3) is 11.0 Å². The van der Waals surface area contributed by atoms with Gasteiger partial charge in [-0.3, -0.25) is 0 Å². The molecule has 0 spiro atoms. The van der Waals surface area contributed by atoms with Crippen molar-refractivity contribution in [2.24, 2.45) is 11.7 Å². The molecule has 0 radical (unpaired) electrons. The maximum atomic E-state index is 5.66. The van der Waals surface area contributed by atoms with E-state index < -0.39 is 0 Å². The number of hydrogen-bond donors (Lipinski definition) is 1. The van der Waals surface area contributed by atoms with Crippen LogP contribution in [0, 0.1) is 19.8 Å². The van der Waals surface area contributed by atoms with Gasteiger partial charge in [-0.25, -0.2) is 4.98 Å². The predicted octanol–water partition coefficient (Wildman–Crippen LogP) is 3.20. The second-order valence-corrected chi connectivity index (χ2v) is 5.85. The Labute approximate surface area is 115 Å². The fraction of sp³-hybridized carbons (Fsp3) is 0.562. The van der Waals surface area contributed by atoms with Crippen molar-refractivity contribution in [1.29, 1.82) is 0 Å². The van der Waals surface area contributed by atoms with Crippen LogP contribution in [0.5, 0.6) is 0 Å². The monoisotopic (exact) mass is 259 g/mol. The molecule has 104 valence electrons. The number of fused-ring (bicyclic) bond motifs is 1. The van der Waals surface area contributed by atoms with Crippen LogP contribution in [0.1, 0.15) is 37.2 Å². The largest absolute Gasteiger partial charge is 0.330 e. The van der Waals surface area contributed by atoms with Gasteiger partial charge < -0.3 is 10.3 Å². The van der Waals surface area contributed by atoms with Crippen LogP contribution < -0.4 is 5.73 Å². The van der Waals surface area contributed by atoms with E-state index in [1.54, 1.807) is 0 Å². The molecule has 0 bridgehead atoms. The van der Waals surface area contributed by atoms with E-state index in [4.69, 9.17) is 10.7 Å². The summed E-state index contributed by atoms with van der Waals surface area (Å²) in [6.07, 6.45) is 2.03. The van der Waals surface area contributed by atoms with E-state index in [-0.39, 0.29) is 0 Å². The first-order chi connectivity index (χ1) is 9.02. The van der Waals surface area contributed by atoms with Crippen LogP contribution >= 0.6 is 0 Å². The summed E-state index contributed by atoms with van der Waals surface area (Å²) in [6.45, 7) is 10.5. The molecule has 0 aliphatic rings. The lowest BCUT2D eigenvalue weighted by atomic mass is 10.1. The average Bonchev–Trinajstić information content (AvgIpc) is 2.63. The molecule has 3 heteroatoms. The Kier molecular flexibility index (Phi) is 4.25. The zero-order valence-corrected chi connectivity index (χ0v) is 12.5. The summed E-state index contributed by atoms with van der Waals surface area (Å²) in [6, 6.07) is 4.46. The van der Waals surface area contributed by atoms with Gasteiger partial charge in [0.15, 0.2) is 0 Å². The van der Waals surface area contributed by atoms with Gasteiger partial charge in [-0.2, -0.15) is 0 Å². The molecule has 0 saturated heterocycles. The van der Waals surface area contributed by atoms with Gasteiger partial charge >= 0.3 is 0 Å². The van der Waals surface area contributed by atoms with Crippen LogP contribution in [-0.4, -0.2) is 16.1 Å². The summed E-state index contributed by atoms with van der Waals surface area (Å²) in [5, 5.41) is 0. The van der Waals surface area contributed by atoms with Gasteiger partial charge in [0, 0.05) is 13.0 Å². The minimum atomic E-state index is 0.621. The summed E-state index contributed by atoms with van der Waals surface area (Å²) in [4.78, 5) is 4.83. The van der Waals surface area contributed by atoms with E-state index in [1.165, 1.54) is 22.5 Å². The maximum Gasteiger partial charge on any atom is 0.110 e. The molecule has 0 aliphatic carbocycles. The molecule has 0 fully saturated rings. The molecule has 2 N–H and O–H groups in total. The predicted molar refractivity (Wildman–Crippen MR) is 81.4 cm³/mol. The van der Waals surface area contributed by atoms with E-state index in [9.17, 15) is 0 Å². The highest BCUT2D eigenvalue weighted by atomic mass is 15.1. The van der Waals surface area contributed by atoms with Gasteiger partial charge in [-0.1, -0.05) is 13.8 Å². The first-order valence-corrected chi connectivity index (χ1v) is 7.19. The van der Waals surface area contributed by atoms with Crippen molar-refractivity contribution in [2.45, 2.75) is 47.1 Å². The third-order valence-corrected chi connectivity index (χ3v) is 3.62. The Balaban J connectivity index is 2.52. The number of aryl methyl sites for hydroxylation is 3. The van der Waals surface area contributed by atoms with Crippen molar-refractivity contribution in [3.8, 4) is 0 Å². The Morgan fingerprint density at radius 2 is 1.89 bits per heavy atom. The first-order valence-electron chi connectivity index (χ1n) is 7.19. The van der Waals surface area contributed by atoms with Crippen LogP contribution in [0.2, 0.25) is 0 Å². The molecule has 2 rings (SSSR count). The Hall–Kier alpha value is -1.35. The fourth-order valence-electron chi connectivity index (χ4n) is 2.45. The number of aromatic nitrogens is 2. The summed E-state index contributed by atoms with van der Waals surface area (Å²) in [7, 11) is 0. The average molecular weight is 259 g/mol. The molecule has 3 nitrogen and oxygen atoms in total. The third-order valence-electron chi connectivity index (χ3n) is 3.62. The molecule has 0 atom stereocenters. The van der Waals surface area contributed by atoms with Crippen LogP contribution in [-0.2, 0) is 13.0 Å². The molecule has 0 aliphatic heterocycles.